The molecular weight excluding hydrogens is 1390 g/mol. The minimum Gasteiger partial charge on any atom is -0.462 e. The van der Waals surface area contributed by atoms with Crippen molar-refractivity contribution in [3.05, 3.63) is 0 Å². The maximum absolute atomic E-state index is 13.2. The maximum Gasteiger partial charge on any atom is 0.472 e. The fraction of sp³-hybridized carbons (Fsp3) is 0.955. The van der Waals surface area contributed by atoms with Crippen LogP contribution in [0.1, 0.15) is 472 Å². The fourth-order valence-electron chi connectivity index (χ4n) is 13.7. The summed E-state index contributed by atoms with van der Waals surface area (Å²) in [5, 5.41) is 10.7. The molecule has 107 heavy (non-hydrogen) atoms. The van der Waals surface area contributed by atoms with Gasteiger partial charge >= 0.3 is 39.5 Å². The van der Waals surface area contributed by atoms with Crippen LogP contribution in [0.25, 0.3) is 0 Å². The molecule has 0 bridgehead atoms. The van der Waals surface area contributed by atoms with Gasteiger partial charge in [-0.2, -0.15) is 0 Å². The fourth-order valence-corrected chi connectivity index (χ4v) is 15.3. The normalized spacial score (nSPS) is 14.0. The Bertz CT molecular complexity index is 2050. The van der Waals surface area contributed by atoms with E-state index in [9.17, 15) is 43.2 Å². The van der Waals surface area contributed by atoms with Crippen molar-refractivity contribution in [1.82, 2.24) is 0 Å². The van der Waals surface area contributed by atoms with Gasteiger partial charge < -0.3 is 33.8 Å². The number of hydrogen-bond acceptors (Lipinski definition) is 15. The monoisotopic (exact) mass is 1560 g/mol. The van der Waals surface area contributed by atoms with Crippen molar-refractivity contribution in [2.24, 2.45) is 11.8 Å². The zero-order valence-corrected chi connectivity index (χ0v) is 72.2. The lowest BCUT2D eigenvalue weighted by Gasteiger charge is -2.21. The largest absolute Gasteiger partial charge is 0.472 e. The van der Waals surface area contributed by atoms with Crippen molar-refractivity contribution >= 4 is 39.5 Å². The summed E-state index contributed by atoms with van der Waals surface area (Å²) in [6.45, 7) is 9.79. The Morgan fingerprint density at radius 1 is 0.271 bits per heavy atom. The van der Waals surface area contributed by atoms with Crippen LogP contribution in [0, 0.1) is 11.8 Å². The SMILES string of the molecule is CCCCCCCCCCCCCCCCCC(=O)O[C@H](COC(=O)CCCCCCCCCCCCCC)COP(=O)(O)OC[C@H](O)COP(=O)(O)OC[C@@H](COC(=O)CCCCCCCCCCCCCCCCCC(C)C)OC(=O)CCCCCCCCCCCCCCCCCCCCC(C)CC. The molecule has 0 rings (SSSR count). The second-order valence-corrected chi connectivity index (χ2v) is 35.3. The summed E-state index contributed by atoms with van der Waals surface area (Å²) in [6, 6.07) is 0. The molecule has 0 saturated heterocycles. The van der Waals surface area contributed by atoms with Crippen LogP contribution in [0.5, 0.6) is 0 Å². The van der Waals surface area contributed by atoms with E-state index in [4.69, 9.17) is 37.0 Å². The van der Waals surface area contributed by atoms with Gasteiger partial charge in [0, 0.05) is 25.7 Å². The molecular formula is C88H172O17P2. The molecule has 0 aromatic carbocycles. The summed E-state index contributed by atoms with van der Waals surface area (Å²) in [5.74, 6) is -0.420. The number of hydrogen-bond donors (Lipinski definition) is 3. The molecule has 0 spiro atoms. The van der Waals surface area contributed by atoms with Gasteiger partial charge in [-0.1, -0.05) is 420 Å². The van der Waals surface area contributed by atoms with Crippen LogP contribution in [-0.2, 0) is 65.4 Å². The Morgan fingerprint density at radius 3 is 0.710 bits per heavy atom. The van der Waals surface area contributed by atoms with Gasteiger partial charge in [-0.25, -0.2) is 9.13 Å². The van der Waals surface area contributed by atoms with Crippen molar-refractivity contribution in [2.75, 3.05) is 39.6 Å². The van der Waals surface area contributed by atoms with E-state index in [2.05, 4.69) is 41.5 Å². The molecule has 0 fully saturated rings. The highest BCUT2D eigenvalue weighted by atomic mass is 31.2. The van der Waals surface area contributed by atoms with E-state index in [0.717, 1.165) is 102 Å². The lowest BCUT2D eigenvalue weighted by molar-refractivity contribution is -0.161. The van der Waals surface area contributed by atoms with E-state index in [0.29, 0.717) is 25.7 Å². The first kappa shape index (κ1) is 105. The summed E-state index contributed by atoms with van der Waals surface area (Å²) in [4.78, 5) is 73.3. The van der Waals surface area contributed by atoms with Gasteiger partial charge in [-0.3, -0.25) is 37.3 Å². The summed E-state index contributed by atoms with van der Waals surface area (Å²) >= 11 is 0. The Balaban J connectivity index is 5.24. The average Bonchev–Trinajstić information content (AvgIpc) is 0.900. The third kappa shape index (κ3) is 80.5. The molecule has 0 aliphatic heterocycles. The highest BCUT2D eigenvalue weighted by Crippen LogP contribution is 2.45. The molecule has 0 radical (unpaired) electrons. The zero-order valence-electron chi connectivity index (χ0n) is 70.5. The van der Waals surface area contributed by atoms with Crippen molar-refractivity contribution in [3.63, 3.8) is 0 Å². The van der Waals surface area contributed by atoms with E-state index in [1.54, 1.807) is 0 Å². The highest BCUT2D eigenvalue weighted by molar-refractivity contribution is 7.47. The van der Waals surface area contributed by atoms with Gasteiger partial charge in [0.1, 0.15) is 19.3 Å². The number of ether oxygens (including phenoxy) is 4. The molecule has 3 N–H and O–H groups in total. The van der Waals surface area contributed by atoms with Crippen LogP contribution >= 0.6 is 15.6 Å². The lowest BCUT2D eigenvalue weighted by atomic mass is 9.99. The number of rotatable bonds is 87. The first-order chi connectivity index (χ1) is 51.9. The maximum atomic E-state index is 13.2. The predicted octanol–water partition coefficient (Wildman–Crippen LogP) is 27.0. The second-order valence-electron chi connectivity index (χ2n) is 32.4. The summed E-state index contributed by atoms with van der Waals surface area (Å²) in [6.07, 6.45) is 72.0. The molecule has 0 heterocycles. The van der Waals surface area contributed by atoms with Crippen LogP contribution < -0.4 is 0 Å². The van der Waals surface area contributed by atoms with Crippen LogP contribution in [0.4, 0.5) is 0 Å². The Hall–Kier alpha value is -1.94. The molecule has 0 aliphatic carbocycles. The number of aliphatic hydroxyl groups excluding tert-OH is 1. The number of phosphoric acid groups is 2. The number of esters is 4. The minimum atomic E-state index is -4.97. The summed E-state index contributed by atoms with van der Waals surface area (Å²) in [7, 11) is -9.93. The molecule has 0 aromatic rings. The summed E-state index contributed by atoms with van der Waals surface area (Å²) in [5.41, 5.74) is 0. The predicted molar refractivity (Wildman–Crippen MR) is 442 cm³/mol. The van der Waals surface area contributed by atoms with Crippen LogP contribution in [0.15, 0.2) is 0 Å². The third-order valence-electron chi connectivity index (χ3n) is 21.1. The molecule has 636 valence electrons. The Kier molecular flexibility index (Phi) is 77.9. The molecule has 17 nitrogen and oxygen atoms in total. The van der Waals surface area contributed by atoms with Gasteiger partial charge in [0.05, 0.1) is 26.4 Å². The van der Waals surface area contributed by atoms with E-state index >= 15 is 0 Å². The van der Waals surface area contributed by atoms with E-state index < -0.39 is 97.5 Å². The standard InChI is InChI=1S/C88H172O17P2/c1-7-10-12-14-16-18-20-22-28-36-42-48-54-60-66-72-87(92)104-83(76-98-85(90)70-64-58-52-46-40-21-19-17-15-13-11-8-2)78-102-106(94,95)100-74-82(89)75-101-107(96,97)103-79-84(77-99-86(91)71-65-59-53-47-41-35-32-27-29-33-38-44-50-56-62-68-80(4)5)105-88(93)73-67-61-55-49-43-37-31-26-24-23-25-30-34-39-45-51-57-63-69-81(6)9-3/h80-84,89H,7-79H2,1-6H3,(H,94,95)(H,96,97)/t81?,82-,83+,84+/m0/s1. The van der Waals surface area contributed by atoms with Crippen molar-refractivity contribution in [3.8, 4) is 0 Å². The number of carbonyl (C=O) groups excluding carboxylic acids is 4. The van der Waals surface area contributed by atoms with E-state index in [1.165, 1.54) is 289 Å². The van der Waals surface area contributed by atoms with Gasteiger partial charge in [-0.05, 0) is 37.5 Å². The van der Waals surface area contributed by atoms with Crippen molar-refractivity contribution in [2.45, 2.75) is 490 Å². The smallest absolute Gasteiger partial charge is 0.462 e. The van der Waals surface area contributed by atoms with Gasteiger partial charge in [0.2, 0.25) is 0 Å². The summed E-state index contributed by atoms with van der Waals surface area (Å²) < 4.78 is 69.0. The first-order valence-corrected chi connectivity index (χ1v) is 48.5. The zero-order chi connectivity index (χ0) is 78.5. The number of phosphoric ester groups is 2. The Labute approximate surface area is 658 Å². The average molecular weight is 1560 g/mol. The first-order valence-electron chi connectivity index (χ1n) is 45.5. The van der Waals surface area contributed by atoms with E-state index in [-0.39, 0.29) is 25.7 Å². The second kappa shape index (κ2) is 79.3. The van der Waals surface area contributed by atoms with Crippen LogP contribution in [-0.4, -0.2) is 96.7 Å². The van der Waals surface area contributed by atoms with Crippen LogP contribution in [0.3, 0.4) is 0 Å². The molecule has 3 unspecified atom stereocenters. The molecule has 6 atom stereocenters. The lowest BCUT2D eigenvalue weighted by Crippen LogP contribution is -2.30. The van der Waals surface area contributed by atoms with Crippen molar-refractivity contribution < 1.29 is 80.2 Å². The molecule has 0 saturated carbocycles. The number of unbranched alkanes of at least 4 members (excludes halogenated alkanes) is 56. The highest BCUT2D eigenvalue weighted by Gasteiger charge is 2.31. The third-order valence-corrected chi connectivity index (χ3v) is 23.0. The van der Waals surface area contributed by atoms with Crippen LogP contribution in [0.2, 0.25) is 0 Å². The quantitative estimate of drug-likeness (QED) is 0.0222. The van der Waals surface area contributed by atoms with Crippen molar-refractivity contribution in [1.29, 1.82) is 0 Å². The van der Waals surface area contributed by atoms with Gasteiger partial charge in [0.25, 0.3) is 0 Å². The van der Waals surface area contributed by atoms with Gasteiger partial charge in [-0.15, -0.1) is 0 Å². The molecule has 0 aromatic heterocycles. The number of aliphatic hydroxyl groups is 1. The molecule has 0 amide bonds. The molecule has 19 heteroatoms. The number of carbonyl (C=O) groups is 4. The van der Waals surface area contributed by atoms with E-state index in [1.807, 2.05) is 0 Å². The molecule has 0 aliphatic rings. The minimum absolute atomic E-state index is 0.109. The Morgan fingerprint density at radius 2 is 0.477 bits per heavy atom. The topological polar surface area (TPSA) is 237 Å². The van der Waals surface area contributed by atoms with Gasteiger partial charge in [0.15, 0.2) is 12.2 Å².